The van der Waals surface area contributed by atoms with Crippen LogP contribution in [-0.4, -0.2) is 11.6 Å². The van der Waals surface area contributed by atoms with Crippen LogP contribution in [-0.2, 0) is 29.0 Å². The Labute approximate surface area is 116 Å². The fraction of sp³-hybridized carbons (Fsp3) is 0.600. The maximum atomic E-state index is 10.9. The van der Waals surface area contributed by atoms with E-state index < -0.39 is 11.6 Å². The van der Waals surface area contributed by atoms with Gasteiger partial charge in [0.05, 0.1) is 0 Å². The molecule has 0 unspecified atom stereocenters. The van der Waals surface area contributed by atoms with Gasteiger partial charge in [-0.05, 0) is 27.2 Å². The first-order valence-corrected chi connectivity index (χ1v) is 3.97. The van der Waals surface area contributed by atoms with Crippen LogP contribution < -0.4 is 24.0 Å². The van der Waals surface area contributed by atoms with Gasteiger partial charge in [-0.2, -0.15) is 6.42 Å². The van der Waals surface area contributed by atoms with Crippen molar-refractivity contribution < 1.29 is 53.0 Å². The van der Waals surface area contributed by atoms with Crippen molar-refractivity contribution in [3.05, 3.63) is 6.92 Å². The monoisotopic (exact) mass is 358 g/mol. The fourth-order valence-corrected chi connectivity index (χ4v) is 0.527. The molecule has 0 heterocycles. The predicted octanol–water partition coefficient (Wildman–Crippen LogP) is -1.05. The van der Waals surface area contributed by atoms with E-state index in [1.807, 2.05) is 20.8 Å². The topological polar surface area (TPSA) is 26.3 Å². The van der Waals surface area contributed by atoms with E-state index in [1.54, 1.807) is 0 Å². The SMILES string of the molecule is [CH2-]CCC#CC(=O)OC(C)(C)C.[I-].[Zn+2]. The second kappa shape index (κ2) is 9.92. The minimum atomic E-state index is -0.462. The molecule has 0 aromatic heterocycles. The smallest absolute Gasteiger partial charge is 1.00 e. The van der Waals surface area contributed by atoms with Gasteiger partial charge in [-0.1, -0.05) is 5.92 Å². The summed E-state index contributed by atoms with van der Waals surface area (Å²) in [5.74, 6) is 4.60. The zero-order valence-corrected chi connectivity index (χ0v) is 14.1. The van der Waals surface area contributed by atoms with Crippen molar-refractivity contribution in [3.63, 3.8) is 0 Å². The first-order chi connectivity index (χ1) is 5.45. The molecule has 0 amide bonds. The van der Waals surface area contributed by atoms with E-state index in [4.69, 9.17) is 4.74 Å². The average Bonchev–Trinajstić information content (AvgIpc) is 1.84. The van der Waals surface area contributed by atoms with Crippen LogP contribution in [0.3, 0.4) is 0 Å². The third-order valence-corrected chi connectivity index (χ3v) is 0.891. The standard InChI is InChI=1S/C10H15O2.HI.Zn/c1-5-6-7-8-9(11)12-10(2,3)4;;/h1,5-6H2,2-4H3;1H;/q-1;;+2/p-1. The molecule has 0 fully saturated rings. The Morgan fingerprint density at radius 1 is 1.43 bits per heavy atom. The van der Waals surface area contributed by atoms with Crippen molar-refractivity contribution in [1.82, 2.24) is 0 Å². The zero-order chi connectivity index (χ0) is 9.61. The normalized spacial score (nSPS) is 8.57. The fourth-order valence-electron chi connectivity index (χ4n) is 0.527. The molecule has 0 saturated heterocycles. The molecule has 0 bridgehead atoms. The summed E-state index contributed by atoms with van der Waals surface area (Å²) in [5.41, 5.74) is -0.448. The first-order valence-electron chi connectivity index (χ1n) is 3.97. The average molecular weight is 360 g/mol. The van der Waals surface area contributed by atoms with Crippen LogP contribution in [0.1, 0.15) is 33.6 Å². The number of carbonyl (C=O) groups is 1. The second-order valence-electron chi connectivity index (χ2n) is 3.41. The Kier molecular flexibility index (Phi) is 14.1. The number of ether oxygens (including phenoxy) is 1. The van der Waals surface area contributed by atoms with E-state index in [1.165, 1.54) is 0 Å². The minimum Gasteiger partial charge on any atom is -1.00 e. The van der Waals surface area contributed by atoms with Crippen molar-refractivity contribution in [2.75, 3.05) is 0 Å². The van der Waals surface area contributed by atoms with Crippen molar-refractivity contribution in [2.45, 2.75) is 39.2 Å². The Bertz CT molecular complexity index is 210. The number of hydrogen-bond acceptors (Lipinski definition) is 2. The Morgan fingerprint density at radius 2 is 1.93 bits per heavy atom. The number of carbonyl (C=O) groups excluding carboxylic acids is 1. The van der Waals surface area contributed by atoms with Crippen LogP contribution in [0.15, 0.2) is 0 Å². The van der Waals surface area contributed by atoms with Crippen LogP contribution in [0.5, 0.6) is 0 Å². The van der Waals surface area contributed by atoms with Crippen molar-refractivity contribution >= 4 is 5.97 Å². The van der Waals surface area contributed by atoms with Crippen molar-refractivity contribution in [3.8, 4) is 11.8 Å². The summed E-state index contributed by atoms with van der Waals surface area (Å²) in [4.78, 5) is 10.9. The van der Waals surface area contributed by atoms with Gasteiger partial charge in [-0.25, -0.2) is 4.79 Å². The molecule has 0 spiro atoms. The van der Waals surface area contributed by atoms with Gasteiger partial charge in [-0.15, -0.1) is 0 Å². The number of rotatable bonds is 1. The molecule has 0 radical (unpaired) electrons. The summed E-state index contributed by atoms with van der Waals surface area (Å²) >= 11 is 0. The Hall–Kier alpha value is 0.383. The van der Waals surface area contributed by atoms with Crippen LogP contribution in [0, 0.1) is 18.8 Å². The molecule has 0 atom stereocenters. The molecular formula is C10H15IO2Zn. The van der Waals surface area contributed by atoms with E-state index >= 15 is 0 Å². The van der Waals surface area contributed by atoms with E-state index in [2.05, 4.69) is 18.8 Å². The minimum absolute atomic E-state index is 0. The van der Waals surface area contributed by atoms with Crippen molar-refractivity contribution in [2.24, 2.45) is 0 Å². The van der Waals surface area contributed by atoms with Crippen LogP contribution in [0.4, 0.5) is 0 Å². The first kappa shape index (κ1) is 19.9. The quantitative estimate of drug-likeness (QED) is 0.149. The van der Waals surface area contributed by atoms with E-state index in [0.29, 0.717) is 6.42 Å². The molecule has 14 heavy (non-hydrogen) atoms. The van der Waals surface area contributed by atoms with Crippen molar-refractivity contribution in [1.29, 1.82) is 0 Å². The maximum absolute atomic E-state index is 10.9. The molecule has 0 aliphatic rings. The van der Waals surface area contributed by atoms with Gasteiger partial charge in [0.1, 0.15) is 5.60 Å². The number of unbranched alkanes of at least 4 members (excludes halogenated alkanes) is 1. The molecule has 4 heteroatoms. The summed E-state index contributed by atoms with van der Waals surface area (Å²) < 4.78 is 4.95. The molecule has 0 N–H and O–H groups in total. The van der Waals surface area contributed by atoms with Crippen LogP contribution >= 0.6 is 0 Å². The van der Waals surface area contributed by atoms with E-state index in [0.717, 1.165) is 6.42 Å². The Balaban J connectivity index is -0.000000605. The van der Waals surface area contributed by atoms with Gasteiger partial charge in [0.25, 0.3) is 0 Å². The summed E-state index contributed by atoms with van der Waals surface area (Å²) in [6.45, 7) is 9.04. The molecule has 2 nitrogen and oxygen atoms in total. The molecule has 0 aliphatic heterocycles. The van der Waals surface area contributed by atoms with Gasteiger partial charge in [-0.3, -0.25) is 0 Å². The van der Waals surface area contributed by atoms with Gasteiger partial charge >= 0.3 is 25.4 Å². The Morgan fingerprint density at radius 3 is 2.29 bits per heavy atom. The third kappa shape index (κ3) is 14.9. The summed E-state index contributed by atoms with van der Waals surface area (Å²) in [5, 5.41) is 0. The van der Waals surface area contributed by atoms with Gasteiger partial charge in [0.15, 0.2) is 0 Å². The third-order valence-electron chi connectivity index (χ3n) is 0.891. The summed E-state index contributed by atoms with van der Waals surface area (Å²) in [7, 11) is 0. The predicted molar refractivity (Wildman–Crippen MR) is 48.2 cm³/mol. The molecule has 0 aliphatic carbocycles. The maximum Gasteiger partial charge on any atom is 2.00 e. The number of hydrogen-bond donors (Lipinski definition) is 0. The van der Waals surface area contributed by atoms with E-state index in [9.17, 15) is 4.79 Å². The summed E-state index contributed by atoms with van der Waals surface area (Å²) in [6, 6.07) is 0. The number of halogens is 1. The van der Waals surface area contributed by atoms with Crippen LogP contribution in [0.25, 0.3) is 0 Å². The zero-order valence-electron chi connectivity index (χ0n) is 9.02. The van der Waals surface area contributed by atoms with E-state index in [-0.39, 0.29) is 43.5 Å². The van der Waals surface area contributed by atoms with Gasteiger partial charge < -0.3 is 35.6 Å². The van der Waals surface area contributed by atoms with Crippen LogP contribution in [0.2, 0.25) is 0 Å². The molecule has 0 aromatic carbocycles. The van der Waals surface area contributed by atoms with Gasteiger partial charge in [0.2, 0.25) is 0 Å². The molecule has 76 valence electrons. The number of esters is 1. The summed E-state index contributed by atoms with van der Waals surface area (Å²) in [6.07, 6.45) is 1.36. The second-order valence-corrected chi connectivity index (χ2v) is 3.41. The molecule has 0 rings (SSSR count). The van der Waals surface area contributed by atoms with Gasteiger partial charge in [0, 0.05) is 5.92 Å². The molecule has 0 saturated carbocycles. The molecule has 0 aromatic rings. The molecular weight excluding hydrogens is 344 g/mol. The largest absolute Gasteiger partial charge is 2.00 e.